The molecule has 0 aromatic rings. The maximum absolute atomic E-state index is 3.88. The summed E-state index contributed by atoms with van der Waals surface area (Å²) in [4.78, 5) is 5.31. The van der Waals surface area contributed by atoms with Gasteiger partial charge < -0.3 is 15.1 Å². The summed E-state index contributed by atoms with van der Waals surface area (Å²) in [5, 5.41) is 3.88. The number of nitrogens with one attached hydrogen (secondary N) is 1. The predicted octanol–water partition coefficient (Wildman–Crippen LogP) is 1.94. The third kappa shape index (κ3) is 3.50. The van der Waals surface area contributed by atoms with Crippen LogP contribution in [0.15, 0.2) is 0 Å². The highest BCUT2D eigenvalue weighted by Gasteiger charge is 2.36. The number of nitrogens with zero attached hydrogens (tertiary/aromatic N) is 2. The Morgan fingerprint density at radius 3 is 2.74 bits per heavy atom. The Hall–Kier alpha value is -0.120. The fourth-order valence-electron chi connectivity index (χ4n) is 4.55. The molecule has 1 N–H and O–H groups in total. The summed E-state index contributed by atoms with van der Waals surface area (Å²) < 4.78 is 0. The quantitative estimate of drug-likeness (QED) is 0.823. The van der Waals surface area contributed by atoms with Crippen LogP contribution < -0.4 is 5.32 Å². The van der Waals surface area contributed by atoms with Crippen LogP contribution in [0.3, 0.4) is 0 Å². The van der Waals surface area contributed by atoms with Gasteiger partial charge in [0.1, 0.15) is 0 Å². The second kappa shape index (κ2) is 6.11. The van der Waals surface area contributed by atoms with Crippen LogP contribution in [0.5, 0.6) is 0 Å². The molecule has 0 aromatic heterocycles. The van der Waals surface area contributed by atoms with Crippen LogP contribution in [0, 0.1) is 5.92 Å². The van der Waals surface area contributed by atoms with Gasteiger partial charge >= 0.3 is 0 Å². The van der Waals surface area contributed by atoms with E-state index in [1.807, 2.05) is 0 Å². The van der Waals surface area contributed by atoms with Crippen LogP contribution >= 0.6 is 0 Å². The molecule has 0 amide bonds. The molecule has 110 valence electrons. The molecule has 1 aliphatic carbocycles. The molecule has 2 aliphatic heterocycles. The van der Waals surface area contributed by atoms with Crippen LogP contribution in [0.25, 0.3) is 0 Å². The minimum absolute atomic E-state index is 0.483. The van der Waals surface area contributed by atoms with Gasteiger partial charge in [-0.1, -0.05) is 12.8 Å². The topological polar surface area (TPSA) is 18.5 Å². The van der Waals surface area contributed by atoms with E-state index in [0.29, 0.717) is 5.54 Å². The van der Waals surface area contributed by atoms with E-state index in [1.165, 1.54) is 84.2 Å². The molecule has 2 saturated heterocycles. The molecular weight excluding hydrogens is 234 g/mol. The molecule has 3 aliphatic rings. The van der Waals surface area contributed by atoms with Gasteiger partial charge in [-0.05, 0) is 64.7 Å². The number of hydrogen-bond acceptors (Lipinski definition) is 3. The van der Waals surface area contributed by atoms with E-state index in [0.717, 1.165) is 5.92 Å². The first-order chi connectivity index (χ1) is 9.26. The van der Waals surface area contributed by atoms with Gasteiger partial charge in [0, 0.05) is 25.2 Å². The van der Waals surface area contributed by atoms with E-state index in [2.05, 4.69) is 22.2 Å². The average Bonchev–Trinajstić information content (AvgIpc) is 2.73. The first-order valence-corrected chi connectivity index (χ1v) is 8.42. The van der Waals surface area contributed by atoms with Crippen LogP contribution in [0.4, 0.5) is 0 Å². The molecule has 1 atom stereocenters. The third-order valence-corrected chi connectivity index (χ3v) is 5.48. The standard InChI is InChI=1S/C16H31N3/c1-18-10-4-6-15(12-18)13-19-11-5-9-17-16(14-19)7-2-3-8-16/h15,17H,2-14H2,1H3. The van der Waals surface area contributed by atoms with Crippen molar-refractivity contribution in [3.05, 3.63) is 0 Å². The van der Waals surface area contributed by atoms with Gasteiger partial charge in [0.05, 0.1) is 0 Å². The fourth-order valence-corrected chi connectivity index (χ4v) is 4.55. The average molecular weight is 265 g/mol. The molecule has 2 heterocycles. The Morgan fingerprint density at radius 1 is 1.11 bits per heavy atom. The third-order valence-electron chi connectivity index (χ3n) is 5.48. The molecule has 3 rings (SSSR count). The van der Waals surface area contributed by atoms with E-state index >= 15 is 0 Å². The lowest BCUT2D eigenvalue weighted by molar-refractivity contribution is 0.135. The molecule has 3 nitrogen and oxygen atoms in total. The maximum Gasteiger partial charge on any atom is 0.0308 e. The fraction of sp³-hybridized carbons (Fsp3) is 1.00. The molecule has 1 unspecified atom stereocenters. The number of hydrogen-bond donors (Lipinski definition) is 1. The number of rotatable bonds is 2. The molecule has 19 heavy (non-hydrogen) atoms. The summed E-state index contributed by atoms with van der Waals surface area (Å²) in [6, 6.07) is 0. The summed E-state index contributed by atoms with van der Waals surface area (Å²) in [5.41, 5.74) is 0.483. The summed E-state index contributed by atoms with van der Waals surface area (Å²) in [6.45, 7) is 7.83. The normalized spacial score (nSPS) is 33.6. The second-order valence-corrected chi connectivity index (χ2v) is 7.27. The smallest absolute Gasteiger partial charge is 0.0308 e. The van der Waals surface area contributed by atoms with Crippen molar-refractivity contribution in [1.82, 2.24) is 15.1 Å². The second-order valence-electron chi connectivity index (χ2n) is 7.27. The van der Waals surface area contributed by atoms with Crippen molar-refractivity contribution in [2.75, 3.05) is 46.3 Å². The van der Waals surface area contributed by atoms with E-state index < -0.39 is 0 Å². The highest BCUT2D eigenvalue weighted by molar-refractivity contribution is 4.97. The molecule has 0 bridgehead atoms. The first-order valence-electron chi connectivity index (χ1n) is 8.42. The van der Waals surface area contributed by atoms with Crippen molar-refractivity contribution >= 4 is 0 Å². The Bertz CT molecular complexity index is 286. The van der Waals surface area contributed by atoms with Crippen molar-refractivity contribution < 1.29 is 0 Å². The van der Waals surface area contributed by atoms with Gasteiger partial charge in [0.15, 0.2) is 0 Å². The molecule has 1 saturated carbocycles. The van der Waals surface area contributed by atoms with Crippen LogP contribution in [0.1, 0.15) is 44.9 Å². The van der Waals surface area contributed by atoms with Gasteiger partial charge in [0.2, 0.25) is 0 Å². The molecule has 0 aromatic carbocycles. The Kier molecular flexibility index (Phi) is 4.45. The maximum atomic E-state index is 3.88. The summed E-state index contributed by atoms with van der Waals surface area (Å²) in [5.74, 6) is 0.912. The van der Waals surface area contributed by atoms with Gasteiger partial charge in [-0.25, -0.2) is 0 Å². The van der Waals surface area contributed by atoms with Gasteiger partial charge in [-0.15, -0.1) is 0 Å². The number of piperidine rings is 1. The predicted molar refractivity (Wildman–Crippen MR) is 80.5 cm³/mol. The SMILES string of the molecule is CN1CCCC(CN2CCCNC3(CCCC3)C2)C1. The molecule has 0 radical (unpaired) electrons. The zero-order valence-electron chi connectivity index (χ0n) is 12.7. The van der Waals surface area contributed by atoms with Crippen molar-refractivity contribution in [3.8, 4) is 0 Å². The highest BCUT2D eigenvalue weighted by Crippen LogP contribution is 2.32. The lowest BCUT2D eigenvalue weighted by Crippen LogP contribution is -2.50. The van der Waals surface area contributed by atoms with Crippen molar-refractivity contribution in [2.24, 2.45) is 5.92 Å². The van der Waals surface area contributed by atoms with E-state index in [-0.39, 0.29) is 0 Å². The summed E-state index contributed by atoms with van der Waals surface area (Å²) in [6.07, 6.45) is 9.88. The highest BCUT2D eigenvalue weighted by atomic mass is 15.2. The van der Waals surface area contributed by atoms with Gasteiger partial charge in [0.25, 0.3) is 0 Å². The van der Waals surface area contributed by atoms with E-state index in [4.69, 9.17) is 0 Å². The molecule has 3 fully saturated rings. The van der Waals surface area contributed by atoms with Gasteiger partial charge in [-0.2, -0.15) is 0 Å². The van der Waals surface area contributed by atoms with E-state index in [9.17, 15) is 0 Å². The Morgan fingerprint density at radius 2 is 1.95 bits per heavy atom. The number of likely N-dealkylation sites (tertiary alicyclic amines) is 1. The minimum atomic E-state index is 0.483. The largest absolute Gasteiger partial charge is 0.310 e. The zero-order chi connectivity index (χ0) is 13.1. The monoisotopic (exact) mass is 265 g/mol. The lowest BCUT2D eigenvalue weighted by atomic mass is 9.94. The van der Waals surface area contributed by atoms with Crippen LogP contribution in [-0.2, 0) is 0 Å². The Labute approximate surface area is 118 Å². The molecule has 3 heteroatoms. The van der Waals surface area contributed by atoms with Crippen molar-refractivity contribution in [3.63, 3.8) is 0 Å². The van der Waals surface area contributed by atoms with Crippen LogP contribution in [-0.4, -0.2) is 61.7 Å². The zero-order valence-corrected chi connectivity index (χ0v) is 12.7. The molecular formula is C16H31N3. The molecule has 1 spiro atoms. The summed E-state index contributed by atoms with van der Waals surface area (Å²) in [7, 11) is 2.29. The van der Waals surface area contributed by atoms with Crippen LogP contribution in [0.2, 0.25) is 0 Å². The minimum Gasteiger partial charge on any atom is -0.310 e. The van der Waals surface area contributed by atoms with Crippen molar-refractivity contribution in [1.29, 1.82) is 0 Å². The summed E-state index contributed by atoms with van der Waals surface area (Å²) >= 11 is 0. The first kappa shape index (κ1) is 13.8. The lowest BCUT2D eigenvalue weighted by Gasteiger charge is -2.37. The van der Waals surface area contributed by atoms with Crippen molar-refractivity contribution in [2.45, 2.75) is 50.5 Å². The van der Waals surface area contributed by atoms with E-state index in [1.54, 1.807) is 0 Å². The van der Waals surface area contributed by atoms with Gasteiger partial charge in [-0.3, -0.25) is 0 Å². The Balaban J connectivity index is 1.56.